The first-order chi connectivity index (χ1) is 15.1. The molecule has 2 aromatic carbocycles. The van der Waals surface area contributed by atoms with Crippen LogP contribution in [0.15, 0.2) is 39.6 Å². The van der Waals surface area contributed by atoms with Gasteiger partial charge in [-0.15, -0.1) is 0 Å². The van der Waals surface area contributed by atoms with Gasteiger partial charge in [-0.25, -0.2) is 13.6 Å². The van der Waals surface area contributed by atoms with Crippen molar-refractivity contribution in [2.45, 2.75) is 32.8 Å². The molecule has 1 aliphatic rings. The number of thiocarbonyl (C=S) groups is 1. The molecule has 0 spiro atoms. The van der Waals surface area contributed by atoms with Gasteiger partial charge in [0.2, 0.25) is 5.43 Å². The van der Waals surface area contributed by atoms with E-state index in [4.69, 9.17) is 17.0 Å². The lowest BCUT2D eigenvalue weighted by Gasteiger charge is -2.16. The molecule has 0 bridgehead atoms. The fourth-order valence-corrected chi connectivity index (χ4v) is 4.02. The highest BCUT2D eigenvalue weighted by atomic mass is 79.9. The molecular formula is C22H22BrF2N3O3S. The summed E-state index contributed by atoms with van der Waals surface area (Å²) >= 11 is 8.34. The maximum Gasteiger partial charge on any atom is 0.414 e. The molecule has 1 aliphatic heterocycles. The largest absolute Gasteiger partial charge is 0.442 e. The van der Waals surface area contributed by atoms with Crippen molar-refractivity contribution in [1.29, 1.82) is 0 Å². The Bertz CT molecular complexity index is 1110. The normalized spacial score (nSPS) is 15.7. The second-order valence-electron chi connectivity index (χ2n) is 7.68. The van der Waals surface area contributed by atoms with Crippen LogP contribution in [0.2, 0.25) is 0 Å². The molecule has 3 rings (SSSR count). The zero-order valence-electron chi connectivity index (χ0n) is 17.7. The quantitative estimate of drug-likeness (QED) is 0.504. The molecular weight excluding hydrogens is 504 g/mol. The van der Waals surface area contributed by atoms with Crippen molar-refractivity contribution >= 4 is 56.3 Å². The summed E-state index contributed by atoms with van der Waals surface area (Å²) in [7, 11) is 0. The summed E-state index contributed by atoms with van der Waals surface area (Å²) in [5.74, 6) is -1.81. The van der Waals surface area contributed by atoms with E-state index in [1.807, 2.05) is 13.8 Å². The average Bonchev–Trinajstić information content (AvgIpc) is 3.02. The summed E-state index contributed by atoms with van der Waals surface area (Å²) in [5, 5.41) is 5.45. The summed E-state index contributed by atoms with van der Waals surface area (Å²) in [5.41, 5.74) is -0.0796. The predicted octanol–water partition coefficient (Wildman–Crippen LogP) is 5.22. The standard InChI is InChI=1S/C22H22BrF2N3O3S/c1-11(2)15-8-20(29)19(5-4-16(15)23)27-21-17(24)6-13(7-18(21)25)28-10-14(31-22(28)30)9-26-12(3)32/h4-8,11,14H,9-10H2,1-3H3,(H,26,32)(H,27,29)/t14-/m0/s1. The van der Waals surface area contributed by atoms with Crippen LogP contribution in [0, 0.1) is 11.6 Å². The Morgan fingerprint density at radius 3 is 2.50 bits per heavy atom. The van der Waals surface area contributed by atoms with Crippen molar-refractivity contribution < 1.29 is 18.3 Å². The Morgan fingerprint density at radius 1 is 1.25 bits per heavy atom. The Kier molecular flexibility index (Phi) is 7.45. The van der Waals surface area contributed by atoms with Crippen LogP contribution in [0.5, 0.6) is 0 Å². The van der Waals surface area contributed by atoms with Gasteiger partial charge in [-0.3, -0.25) is 9.69 Å². The van der Waals surface area contributed by atoms with Crippen molar-refractivity contribution in [3.05, 3.63) is 62.2 Å². The minimum Gasteiger partial charge on any atom is -0.442 e. The maximum absolute atomic E-state index is 14.8. The number of amides is 1. The number of ether oxygens (including phenoxy) is 1. The van der Waals surface area contributed by atoms with Crippen LogP contribution in [-0.4, -0.2) is 30.3 Å². The monoisotopic (exact) mass is 525 g/mol. The molecule has 1 saturated heterocycles. The summed E-state index contributed by atoms with van der Waals surface area (Å²) < 4.78 is 35.6. The number of anilines is 3. The first kappa shape index (κ1) is 24.1. The van der Waals surface area contributed by atoms with E-state index in [0.29, 0.717) is 11.5 Å². The maximum atomic E-state index is 14.8. The van der Waals surface area contributed by atoms with Crippen molar-refractivity contribution in [2.24, 2.45) is 0 Å². The van der Waals surface area contributed by atoms with E-state index in [0.717, 1.165) is 27.1 Å². The third kappa shape index (κ3) is 5.42. The highest BCUT2D eigenvalue weighted by molar-refractivity contribution is 9.10. The predicted molar refractivity (Wildman–Crippen MR) is 128 cm³/mol. The molecule has 2 aromatic rings. The molecule has 0 aromatic heterocycles. The van der Waals surface area contributed by atoms with Gasteiger partial charge in [-0.2, -0.15) is 0 Å². The Hall–Kier alpha value is -2.59. The van der Waals surface area contributed by atoms with Gasteiger partial charge in [-0.1, -0.05) is 42.0 Å². The van der Waals surface area contributed by atoms with Gasteiger partial charge in [-0.05, 0) is 36.6 Å². The molecule has 2 N–H and O–H groups in total. The van der Waals surface area contributed by atoms with Gasteiger partial charge in [0.1, 0.15) is 11.8 Å². The zero-order valence-corrected chi connectivity index (χ0v) is 20.1. The van der Waals surface area contributed by atoms with Crippen LogP contribution in [0.4, 0.5) is 30.6 Å². The number of carbonyl (C=O) groups is 1. The van der Waals surface area contributed by atoms with Crippen molar-refractivity contribution in [3.8, 4) is 0 Å². The Labute approximate surface area is 198 Å². The molecule has 170 valence electrons. The molecule has 0 unspecified atom stereocenters. The van der Waals surface area contributed by atoms with E-state index >= 15 is 0 Å². The van der Waals surface area contributed by atoms with Crippen LogP contribution in [-0.2, 0) is 4.74 Å². The molecule has 1 fully saturated rings. The van der Waals surface area contributed by atoms with E-state index in [1.54, 1.807) is 13.0 Å². The topological polar surface area (TPSA) is 70.7 Å². The second kappa shape index (κ2) is 9.91. The van der Waals surface area contributed by atoms with Crippen LogP contribution in [0.3, 0.4) is 0 Å². The fourth-order valence-electron chi connectivity index (χ4n) is 3.23. The van der Waals surface area contributed by atoms with Gasteiger partial charge in [0.25, 0.3) is 0 Å². The summed E-state index contributed by atoms with van der Waals surface area (Å²) in [4.78, 5) is 26.4. The summed E-state index contributed by atoms with van der Waals surface area (Å²) in [6.45, 7) is 5.98. The third-order valence-corrected chi connectivity index (χ3v) is 5.76. The van der Waals surface area contributed by atoms with Crippen molar-refractivity contribution in [2.75, 3.05) is 23.3 Å². The number of nitrogens with zero attached hydrogens (tertiary/aromatic N) is 1. The zero-order chi connectivity index (χ0) is 23.6. The molecule has 0 saturated carbocycles. The lowest BCUT2D eigenvalue weighted by molar-refractivity contribution is 0.143. The smallest absolute Gasteiger partial charge is 0.414 e. The lowest BCUT2D eigenvalue weighted by atomic mass is 10.1. The Balaban J connectivity index is 1.86. The van der Waals surface area contributed by atoms with E-state index < -0.39 is 34.9 Å². The molecule has 1 heterocycles. The van der Waals surface area contributed by atoms with Crippen LogP contribution >= 0.6 is 28.1 Å². The minimum absolute atomic E-state index is 0.0166. The lowest BCUT2D eigenvalue weighted by Crippen LogP contribution is -2.32. The van der Waals surface area contributed by atoms with E-state index in [1.165, 1.54) is 12.1 Å². The Morgan fingerprint density at radius 2 is 1.91 bits per heavy atom. The number of nitrogens with one attached hydrogen (secondary N) is 2. The van der Waals surface area contributed by atoms with Gasteiger partial charge in [0.05, 0.1) is 29.5 Å². The van der Waals surface area contributed by atoms with Crippen LogP contribution in [0.1, 0.15) is 32.3 Å². The number of carbonyl (C=O) groups excluding carboxylic acids is 1. The molecule has 1 amide bonds. The van der Waals surface area contributed by atoms with Crippen LogP contribution < -0.4 is 21.0 Å². The number of hydrogen-bond acceptors (Lipinski definition) is 5. The van der Waals surface area contributed by atoms with Crippen molar-refractivity contribution in [1.82, 2.24) is 5.32 Å². The molecule has 0 radical (unpaired) electrons. The third-order valence-electron chi connectivity index (χ3n) is 4.90. The van der Waals surface area contributed by atoms with Gasteiger partial charge < -0.3 is 15.4 Å². The number of benzene rings is 1. The molecule has 0 aliphatic carbocycles. The van der Waals surface area contributed by atoms with Gasteiger partial charge in [0.15, 0.2) is 11.6 Å². The average molecular weight is 526 g/mol. The highest BCUT2D eigenvalue weighted by Crippen LogP contribution is 2.30. The molecule has 6 nitrogen and oxygen atoms in total. The number of hydrogen-bond donors (Lipinski definition) is 2. The summed E-state index contributed by atoms with van der Waals surface area (Å²) in [6.07, 6.45) is -1.22. The second-order valence-corrected chi connectivity index (χ2v) is 9.14. The van der Waals surface area contributed by atoms with Gasteiger partial charge in [0, 0.05) is 16.6 Å². The minimum atomic E-state index is -0.946. The summed E-state index contributed by atoms with van der Waals surface area (Å²) in [6, 6.07) is 6.58. The first-order valence-electron chi connectivity index (χ1n) is 9.89. The van der Waals surface area contributed by atoms with E-state index in [2.05, 4.69) is 26.6 Å². The van der Waals surface area contributed by atoms with E-state index in [9.17, 15) is 18.4 Å². The number of cyclic esters (lactones) is 1. The molecule has 1 atom stereocenters. The highest BCUT2D eigenvalue weighted by Gasteiger charge is 2.33. The van der Waals surface area contributed by atoms with Crippen molar-refractivity contribution in [3.63, 3.8) is 0 Å². The van der Waals surface area contributed by atoms with E-state index in [-0.39, 0.29) is 23.8 Å². The fraction of sp³-hybridized carbons (Fsp3) is 0.318. The number of halogens is 3. The molecule has 10 heteroatoms. The first-order valence-corrected chi connectivity index (χ1v) is 11.1. The molecule has 32 heavy (non-hydrogen) atoms. The van der Waals surface area contributed by atoms with Crippen LogP contribution in [0.25, 0.3) is 0 Å². The SMILES string of the molecule is CC(=S)NC[C@H]1CN(c2cc(F)c(Nc3ccc(Br)c(C(C)C)cc3=O)c(F)c2)C(=O)O1. The van der Waals surface area contributed by atoms with Gasteiger partial charge >= 0.3 is 6.09 Å². The number of rotatable bonds is 6.